The van der Waals surface area contributed by atoms with Gasteiger partial charge in [-0.3, -0.25) is 14.3 Å². The van der Waals surface area contributed by atoms with Crippen LogP contribution in [0.15, 0.2) is 10.6 Å². The summed E-state index contributed by atoms with van der Waals surface area (Å²) in [7, 11) is 0. The van der Waals surface area contributed by atoms with Crippen LogP contribution < -0.4 is 0 Å². The molecule has 0 saturated carbocycles. The molecular formula is C16H22N6O3. The Balaban J connectivity index is 1.56. The largest absolute Gasteiger partial charge is 0.337 e. The van der Waals surface area contributed by atoms with Crippen LogP contribution in [0.4, 0.5) is 0 Å². The molecule has 1 fully saturated rings. The number of aromatic nitrogens is 4. The molecule has 0 spiro atoms. The van der Waals surface area contributed by atoms with Crippen molar-refractivity contribution in [3.63, 3.8) is 0 Å². The summed E-state index contributed by atoms with van der Waals surface area (Å²) >= 11 is 0. The molecule has 2 aromatic heterocycles. The van der Waals surface area contributed by atoms with Crippen LogP contribution in [-0.4, -0.2) is 67.7 Å². The Morgan fingerprint density at radius 3 is 2.56 bits per heavy atom. The Kier molecular flexibility index (Phi) is 4.82. The summed E-state index contributed by atoms with van der Waals surface area (Å²) in [5.74, 6) is 0.0978. The molecule has 0 aromatic carbocycles. The Labute approximate surface area is 145 Å². The number of carbonyl (C=O) groups is 2. The lowest BCUT2D eigenvalue weighted by Gasteiger charge is -2.32. The monoisotopic (exact) mass is 346 g/mol. The van der Waals surface area contributed by atoms with Gasteiger partial charge in [0.25, 0.3) is 0 Å². The minimum Gasteiger partial charge on any atom is -0.337 e. The van der Waals surface area contributed by atoms with Crippen LogP contribution in [0, 0.1) is 13.8 Å². The molecule has 9 heteroatoms. The predicted octanol–water partition coefficient (Wildman–Crippen LogP) is 0.164. The zero-order valence-corrected chi connectivity index (χ0v) is 14.7. The van der Waals surface area contributed by atoms with E-state index >= 15 is 0 Å². The van der Waals surface area contributed by atoms with Crippen molar-refractivity contribution in [3.8, 4) is 0 Å². The molecule has 0 bridgehead atoms. The first-order valence-corrected chi connectivity index (χ1v) is 8.38. The summed E-state index contributed by atoms with van der Waals surface area (Å²) in [6.45, 7) is 8.24. The molecule has 3 rings (SSSR count). The van der Waals surface area contributed by atoms with Gasteiger partial charge < -0.3 is 14.3 Å². The maximum atomic E-state index is 12.1. The van der Waals surface area contributed by atoms with Crippen molar-refractivity contribution in [1.29, 1.82) is 0 Å². The number of amides is 2. The Bertz CT molecular complexity index is 781. The van der Waals surface area contributed by atoms with Gasteiger partial charge >= 0.3 is 11.8 Å². The number of hydrogen-bond donors (Lipinski definition) is 0. The number of hydrogen-bond acceptors (Lipinski definition) is 6. The summed E-state index contributed by atoms with van der Waals surface area (Å²) in [5, 5.41) is 8.31. The number of nitrogens with zero attached hydrogens (tertiary/aromatic N) is 6. The molecular weight excluding hydrogens is 324 g/mol. The van der Waals surface area contributed by atoms with Crippen LogP contribution in [0.3, 0.4) is 0 Å². The van der Waals surface area contributed by atoms with Crippen molar-refractivity contribution in [1.82, 2.24) is 29.7 Å². The van der Waals surface area contributed by atoms with E-state index in [2.05, 4.69) is 15.2 Å². The van der Waals surface area contributed by atoms with E-state index in [1.165, 1.54) is 0 Å². The van der Waals surface area contributed by atoms with E-state index in [0.29, 0.717) is 50.9 Å². The van der Waals surface area contributed by atoms with E-state index in [9.17, 15) is 9.59 Å². The van der Waals surface area contributed by atoms with E-state index in [0.717, 1.165) is 11.4 Å². The molecule has 1 aliphatic rings. The molecule has 0 unspecified atom stereocenters. The fourth-order valence-corrected chi connectivity index (χ4v) is 2.88. The van der Waals surface area contributed by atoms with Gasteiger partial charge in [0.15, 0.2) is 5.82 Å². The van der Waals surface area contributed by atoms with Crippen LogP contribution in [-0.2, 0) is 22.6 Å². The smallest absolute Gasteiger partial charge is 0.312 e. The van der Waals surface area contributed by atoms with Gasteiger partial charge in [0, 0.05) is 38.3 Å². The molecule has 0 N–H and O–H groups in total. The van der Waals surface area contributed by atoms with E-state index in [1.54, 1.807) is 14.5 Å². The van der Waals surface area contributed by atoms with Crippen LogP contribution in [0.1, 0.15) is 30.0 Å². The number of piperazine rings is 1. The van der Waals surface area contributed by atoms with Crippen molar-refractivity contribution in [2.75, 3.05) is 26.2 Å². The van der Waals surface area contributed by atoms with Crippen molar-refractivity contribution in [2.45, 2.75) is 33.7 Å². The zero-order valence-electron chi connectivity index (χ0n) is 14.7. The fraction of sp³-hybridized carbons (Fsp3) is 0.562. The summed E-state index contributed by atoms with van der Waals surface area (Å²) in [4.78, 5) is 31.4. The molecule has 1 aliphatic heterocycles. The van der Waals surface area contributed by atoms with Crippen molar-refractivity contribution in [2.24, 2.45) is 0 Å². The van der Waals surface area contributed by atoms with Crippen molar-refractivity contribution < 1.29 is 14.1 Å². The SMILES string of the molecule is CCN1CCN(CCc2noc(Cn3nc(C)cc3C)n2)C(=O)C1=O. The second kappa shape index (κ2) is 7.04. The first kappa shape index (κ1) is 17.1. The summed E-state index contributed by atoms with van der Waals surface area (Å²) in [6.07, 6.45) is 0.450. The highest BCUT2D eigenvalue weighted by Crippen LogP contribution is 2.08. The predicted molar refractivity (Wildman–Crippen MR) is 87.6 cm³/mol. The van der Waals surface area contributed by atoms with Gasteiger partial charge in [-0.05, 0) is 26.8 Å². The molecule has 9 nitrogen and oxygen atoms in total. The lowest BCUT2D eigenvalue weighted by Crippen LogP contribution is -2.54. The molecule has 2 aromatic rings. The zero-order chi connectivity index (χ0) is 18.0. The van der Waals surface area contributed by atoms with Gasteiger partial charge in [0.05, 0.1) is 5.69 Å². The number of carbonyl (C=O) groups excluding carboxylic acids is 2. The topological polar surface area (TPSA) is 97.4 Å². The van der Waals surface area contributed by atoms with E-state index in [4.69, 9.17) is 4.52 Å². The first-order chi connectivity index (χ1) is 12.0. The van der Waals surface area contributed by atoms with E-state index in [1.807, 2.05) is 26.8 Å². The molecule has 0 aliphatic carbocycles. The Hall–Kier alpha value is -2.71. The average Bonchev–Trinajstić information content (AvgIpc) is 3.15. The third-order valence-electron chi connectivity index (χ3n) is 4.28. The Morgan fingerprint density at radius 2 is 1.88 bits per heavy atom. The molecule has 0 atom stereocenters. The highest BCUT2D eigenvalue weighted by Gasteiger charge is 2.31. The van der Waals surface area contributed by atoms with Crippen LogP contribution >= 0.6 is 0 Å². The van der Waals surface area contributed by atoms with Crippen LogP contribution in [0.25, 0.3) is 0 Å². The van der Waals surface area contributed by atoms with E-state index in [-0.39, 0.29) is 0 Å². The average molecular weight is 346 g/mol. The molecule has 1 saturated heterocycles. The van der Waals surface area contributed by atoms with Gasteiger partial charge in [-0.1, -0.05) is 5.16 Å². The standard InChI is InChI=1S/C16H22N6O3/c1-4-20-7-8-21(16(24)15(20)23)6-5-13-17-14(25-19-13)10-22-12(3)9-11(2)18-22/h9H,4-8,10H2,1-3H3. The maximum absolute atomic E-state index is 12.1. The second-order valence-corrected chi connectivity index (χ2v) is 6.12. The lowest BCUT2D eigenvalue weighted by atomic mass is 10.2. The van der Waals surface area contributed by atoms with E-state index < -0.39 is 11.8 Å². The van der Waals surface area contributed by atoms with Gasteiger partial charge in [-0.15, -0.1) is 0 Å². The van der Waals surface area contributed by atoms with Gasteiger partial charge in [0.2, 0.25) is 5.89 Å². The van der Waals surface area contributed by atoms with Crippen LogP contribution in [0.5, 0.6) is 0 Å². The number of rotatable bonds is 6. The highest BCUT2D eigenvalue weighted by atomic mass is 16.5. The summed E-state index contributed by atoms with van der Waals surface area (Å²) in [5.41, 5.74) is 1.96. The normalized spacial score (nSPS) is 15.3. The maximum Gasteiger partial charge on any atom is 0.312 e. The minimum atomic E-state index is -0.459. The summed E-state index contributed by atoms with van der Waals surface area (Å²) < 4.78 is 7.06. The third kappa shape index (κ3) is 3.70. The Morgan fingerprint density at radius 1 is 1.16 bits per heavy atom. The third-order valence-corrected chi connectivity index (χ3v) is 4.28. The minimum absolute atomic E-state index is 0.404. The molecule has 0 radical (unpaired) electrons. The van der Waals surface area contributed by atoms with Gasteiger partial charge in [0.1, 0.15) is 6.54 Å². The van der Waals surface area contributed by atoms with Gasteiger partial charge in [-0.25, -0.2) is 0 Å². The second-order valence-electron chi connectivity index (χ2n) is 6.12. The van der Waals surface area contributed by atoms with Crippen LogP contribution in [0.2, 0.25) is 0 Å². The van der Waals surface area contributed by atoms with Crippen molar-refractivity contribution >= 4 is 11.8 Å². The quantitative estimate of drug-likeness (QED) is 0.692. The van der Waals surface area contributed by atoms with Gasteiger partial charge in [-0.2, -0.15) is 10.1 Å². The first-order valence-electron chi connectivity index (χ1n) is 8.38. The number of likely N-dealkylation sites (N-methyl/N-ethyl adjacent to an activating group) is 1. The lowest BCUT2D eigenvalue weighted by molar-refractivity contribution is -0.155. The number of aryl methyl sites for hydroxylation is 2. The molecule has 3 heterocycles. The highest BCUT2D eigenvalue weighted by molar-refractivity contribution is 6.35. The fourth-order valence-electron chi connectivity index (χ4n) is 2.88. The molecule has 25 heavy (non-hydrogen) atoms. The molecule has 2 amide bonds. The molecule has 134 valence electrons. The summed E-state index contributed by atoms with van der Waals surface area (Å²) in [6, 6.07) is 1.98. The van der Waals surface area contributed by atoms with Crippen molar-refractivity contribution in [3.05, 3.63) is 29.2 Å².